The second kappa shape index (κ2) is 4.68. The molecule has 1 aliphatic heterocycles. The first-order valence-corrected chi connectivity index (χ1v) is 6.80. The number of nitrogens with one attached hydrogen (secondary N) is 1. The minimum absolute atomic E-state index is 0.530. The molecule has 0 saturated carbocycles. The molecule has 1 fully saturated rings. The lowest BCUT2D eigenvalue weighted by molar-refractivity contribution is 0.535. The van der Waals surface area contributed by atoms with Gasteiger partial charge in [0, 0.05) is 31.9 Å². The van der Waals surface area contributed by atoms with Crippen LogP contribution >= 0.6 is 0 Å². The summed E-state index contributed by atoms with van der Waals surface area (Å²) in [5.74, 6) is 1.19. The predicted octanol–water partition coefficient (Wildman–Crippen LogP) is 2.50. The third-order valence-corrected chi connectivity index (χ3v) is 3.59. The number of furan rings is 1. The zero-order valence-corrected chi connectivity index (χ0v) is 11.0. The van der Waals surface area contributed by atoms with Crippen molar-refractivity contribution in [2.75, 3.05) is 31.1 Å². The third kappa shape index (κ3) is 1.96. The van der Waals surface area contributed by atoms with Gasteiger partial charge in [0.25, 0.3) is 5.89 Å². The van der Waals surface area contributed by atoms with E-state index in [1.165, 1.54) is 5.69 Å². The molecule has 0 unspecified atom stereocenters. The Morgan fingerprint density at radius 3 is 2.85 bits per heavy atom. The van der Waals surface area contributed by atoms with E-state index in [9.17, 15) is 0 Å². The molecule has 5 nitrogen and oxygen atoms in total. The number of nitrogens with zero attached hydrogens (tertiary/aromatic N) is 2. The van der Waals surface area contributed by atoms with Crippen LogP contribution in [-0.2, 0) is 0 Å². The van der Waals surface area contributed by atoms with Crippen molar-refractivity contribution in [2.24, 2.45) is 0 Å². The van der Waals surface area contributed by atoms with Gasteiger partial charge in [-0.05, 0) is 30.3 Å². The van der Waals surface area contributed by atoms with Crippen LogP contribution in [0.2, 0.25) is 0 Å². The van der Waals surface area contributed by atoms with Crippen LogP contribution in [0.1, 0.15) is 0 Å². The Kier molecular flexibility index (Phi) is 2.70. The van der Waals surface area contributed by atoms with Gasteiger partial charge in [0.1, 0.15) is 5.52 Å². The number of benzene rings is 1. The molecule has 20 heavy (non-hydrogen) atoms. The summed E-state index contributed by atoms with van der Waals surface area (Å²) >= 11 is 0. The average Bonchev–Trinajstić information content (AvgIpc) is 3.16. The number of piperazine rings is 1. The Labute approximate surface area is 116 Å². The van der Waals surface area contributed by atoms with Crippen molar-refractivity contribution in [1.82, 2.24) is 10.3 Å². The Hall–Kier alpha value is -2.27. The van der Waals surface area contributed by atoms with E-state index in [0.29, 0.717) is 11.7 Å². The first-order chi connectivity index (χ1) is 9.90. The van der Waals surface area contributed by atoms with Gasteiger partial charge in [0.05, 0.1) is 6.26 Å². The number of aromatic nitrogens is 1. The van der Waals surface area contributed by atoms with Gasteiger partial charge in [-0.3, -0.25) is 0 Å². The molecule has 102 valence electrons. The minimum atomic E-state index is 0.530. The van der Waals surface area contributed by atoms with Crippen LogP contribution in [0.3, 0.4) is 0 Å². The summed E-state index contributed by atoms with van der Waals surface area (Å²) in [6.45, 7) is 4.09. The fourth-order valence-corrected chi connectivity index (χ4v) is 2.54. The third-order valence-electron chi connectivity index (χ3n) is 3.59. The molecule has 1 aliphatic rings. The molecule has 2 aromatic heterocycles. The lowest BCUT2D eigenvalue weighted by atomic mass is 10.2. The molecule has 1 N–H and O–H groups in total. The number of oxazole rings is 1. The minimum Gasteiger partial charge on any atom is -0.459 e. The van der Waals surface area contributed by atoms with Crippen LogP contribution in [-0.4, -0.2) is 31.2 Å². The second-order valence-corrected chi connectivity index (χ2v) is 4.89. The summed E-state index contributed by atoms with van der Waals surface area (Å²) in [5.41, 5.74) is 2.85. The highest BCUT2D eigenvalue weighted by atomic mass is 16.4. The number of hydrogen-bond acceptors (Lipinski definition) is 5. The van der Waals surface area contributed by atoms with Gasteiger partial charge in [-0.25, -0.2) is 4.98 Å². The van der Waals surface area contributed by atoms with Crippen molar-refractivity contribution in [3.8, 4) is 11.7 Å². The lowest BCUT2D eigenvalue weighted by Gasteiger charge is -2.29. The molecule has 4 rings (SSSR count). The Balaban J connectivity index is 1.72. The van der Waals surface area contributed by atoms with Crippen molar-refractivity contribution < 1.29 is 8.83 Å². The standard InChI is InChI=1S/C15H15N3O2/c1-2-14(19-9-1)15-17-12-10-11(3-4-13(12)20-15)18-7-5-16-6-8-18/h1-4,9-10,16H,5-8H2. The monoisotopic (exact) mass is 269 g/mol. The molecule has 0 atom stereocenters. The number of anilines is 1. The fraction of sp³-hybridized carbons (Fsp3) is 0.267. The second-order valence-electron chi connectivity index (χ2n) is 4.89. The van der Waals surface area contributed by atoms with Crippen LogP contribution in [0.4, 0.5) is 5.69 Å². The van der Waals surface area contributed by atoms with E-state index in [1.54, 1.807) is 6.26 Å². The Morgan fingerprint density at radius 2 is 2.05 bits per heavy atom. The largest absolute Gasteiger partial charge is 0.459 e. The zero-order chi connectivity index (χ0) is 13.4. The highest BCUT2D eigenvalue weighted by molar-refractivity contribution is 5.79. The first-order valence-electron chi connectivity index (χ1n) is 6.80. The van der Waals surface area contributed by atoms with Crippen molar-refractivity contribution in [3.63, 3.8) is 0 Å². The van der Waals surface area contributed by atoms with E-state index < -0.39 is 0 Å². The smallest absolute Gasteiger partial charge is 0.263 e. The van der Waals surface area contributed by atoms with E-state index in [-0.39, 0.29) is 0 Å². The van der Waals surface area contributed by atoms with Gasteiger partial charge in [0.2, 0.25) is 0 Å². The van der Waals surface area contributed by atoms with E-state index in [4.69, 9.17) is 8.83 Å². The number of rotatable bonds is 2. The van der Waals surface area contributed by atoms with Gasteiger partial charge < -0.3 is 19.1 Å². The Morgan fingerprint density at radius 1 is 1.15 bits per heavy atom. The summed E-state index contributed by atoms with van der Waals surface area (Å²) in [6, 6.07) is 9.83. The maximum absolute atomic E-state index is 5.72. The summed E-state index contributed by atoms with van der Waals surface area (Å²) in [6.07, 6.45) is 1.62. The number of fused-ring (bicyclic) bond motifs is 1. The van der Waals surface area contributed by atoms with Gasteiger partial charge in [0.15, 0.2) is 11.3 Å². The summed E-state index contributed by atoms with van der Waals surface area (Å²) in [4.78, 5) is 6.87. The molecular formula is C15H15N3O2. The molecule has 1 aromatic carbocycles. The highest BCUT2D eigenvalue weighted by Gasteiger charge is 2.14. The Bertz CT molecular complexity index is 712. The van der Waals surface area contributed by atoms with Crippen molar-refractivity contribution >= 4 is 16.8 Å². The summed E-state index contributed by atoms with van der Waals surface area (Å²) in [5, 5.41) is 3.36. The zero-order valence-electron chi connectivity index (χ0n) is 11.0. The van der Waals surface area contributed by atoms with E-state index in [1.807, 2.05) is 18.2 Å². The quantitative estimate of drug-likeness (QED) is 0.774. The van der Waals surface area contributed by atoms with E-state index >= 15 is 0 Å². The molecule has 1 saturated heterocycles. The molecule has 0 spiro atoms. The lowest BCUT2D eigenvalue weighted by Crippen LogP contribution is -2.43. The first kappa shape index (κ1) is 11.5. The van der Waals surface area contributed by atoms with Crippen LogP contribution in [0.5, 0.6) is 0 Å². The molecule has 0 amide bonds. The normalized spacial score (nSPS) is 15.9. The number of hydrogen-bond donors (Lipinski definition) is 1. The van der Waals surface area contributed by atoms with Crippen molar-refractivity contribution in [2.45, 2.75) is 0 Å². The van der Waals surface area contributed by atoms with Crippen LogP contribution < -0.4 is 10.2 Å². The van der Waals surface area contributed by atoms with Gasteiger partial charge in [-0.15, -0.1) is 0 Å². The average molecular weight is 269 g/mol. The molecule has 5 heteroatoms. The molecule has 3 aromatic rings. The van der Waals surface area contributed by atoms with Crippen LogP contribution in [0, 0.1) is 0 Å². The van der Waals surface area contributed by atoms with Crippen LogP contribution in [0.25, 0.3) is 22.8 Å². The van der Waals surface area contributed by atoms with E-state index in [0.717, 1.165) is 37.3 Å². The van der Waals surface area contributed by atoms with E-state index in [2.05, 4.69) is 27.3 Å². The fourth-order valence-electron chi connectivity index (χ4n) is 2.54. The van der Waals surface area contributed by atoms with Crippen LogP contribution in [0.15, 0.2) is 45.4 Å². The topological polar surface area (TPSA) is 54.4 Å². The van der Waals surface area contributed by atoms with Gasteiger partial charge in [-0.1, -0.05) is 0 Å². The van der Waals surface area contributed by atoms with Crippen molar-refractivity contribution in [1.29, 1.82) is 0 Å². The maximum Gasteiger partial charge on any atom is 0.263 e. The van der Waals surface area contributed by atoms with Crippen molar-refractivity contribution in [3.05, 3.63) is 36.6 Å². The predicted molar refractivity (Wildman–Crippen MR) is 76.8 cm³/mol. The highest BCUT2D eigenvalue weighted by Crippen LogP contribution is 2.27. The molecule has 0 bridgehead atoms. The molecule has 0 radical (unpaired) electrons. The van der Waals surface area contributed by atoms with Gasteiger partial charge >= 0.3 is 0 Å². The summed E-state index contributed by atoms with van der Waals surface area (Å²) < 4.78 is 11.0. The molecule has 3 heterocycles. The van der Waals surface area contributed by atoms with Gasteiger partial charge in [-0.2, -0.15) is 0 Å². The SMILES string of the molecule is c1coc(-c2nc3cc(N4CCNCC4)ccc3o2)c1. The summed E-state index contributed by atoms with van der Waals surface area (Å²) in [7, 11) is 0. The molecule has 0 aliphatic carbocycles. The maximum atomic E-state index is 5.72. The molecular weight excluding hydrogens is 254 g/mol.